The molecule has 18 heavy (non-hydrogen) atoms. The molecular weight excluding hydrogens is 288 g/mol. The van der Waals surface area contributed by atoms with Crippen molar-refractivity contribution < 1.29 is 4.74 Å². The predicted molar refractivity (Wildman–Crippen MR) is 81.3 cm³/mol. The van der Waals surface area contributed by atoms with Gasteiger partial charge < -0.3 is 4.74 Å². The normalized spacial score (nSPS) is 39.0. The Hall–Kier alpha value is 0.440. The van der Waals surface area contributed by atoms with Crippen molar-refractivity contribution in [2.24, 2.45) is 5.92 Å². The van der Waals surface area contributed by atoms with Crippen LogP contribution in [-0.4, -0.2) is 17.0 Å². The molecule has 2 saturated carbocycles. The van der Waals surface area contributed by atoms with Gasteiger partial charge in [0.25, 0.3) is 0 Å². The van der Waals surface area contributed by atoms with E-state index in [4.69, 9.17) is 4.74 Å². The van der Waals surface area contributed by atoms with Crippen LogP contribution in [0.25, 0.3) is 0 Å². The molecule has 0 saturated heterocycles. The van der Waals surface area contributed by atoms with Crippen molar-refractivity contribution in [2.45, 2.75) is 94.6 Å². The summed E-state index contributed by atoms with van der Waals surface area (Å²) in [5.74, 6) is 0.823. The van der Waals surface area contributed by atoms with Crippen LogP contribution in [0.2, 0.25) is 0 Å². The molecule has 1 nitrogen and oxygen atoms in total. The van der Waals surface area contributed by atoms with E-state index in [1.165, 1.54) is 70.6 Å². The third-order valence-electron chi connectivity index (χ3n) is 4.84. The van der Waals surface area contributed by atoms with E-state index < -0.39 is 0 Å². The molecule has 2 rings (SSSR count). The zero-order valence-corrected chi connectivity index (χ0v) is 13.5. The minimum absolute atomic E-state index is 0.474. The molecule has 0 heterocycles. The lowest BCUT2D eigenvalue weighted by Gasteiger charge is -2.36. The molecule has 0 aromatic rings. The van der Waals surface area contributed by atoms with Gasteiger partial charge in [-0.25, -0.2) is 0 Å². The number of ether oxygens (including phenoxy) is 1. The molecule has 0 bridgehead atoms. The van der Waals surface area contributed by atoms with Crippen LogP contribution in [0.1, 0.15) is 77.6 Å². The zero-order chi connectivity index (χ0) is 12.8. The molecule has 0 amide bonds. The fourth-order valence-electron chi connectivity index (χ4n) is 3.60. The first-order valence-electron chi connectivity index (χ1n) is 8.10. The lowest BCUT2D eigenvalue weighted by molar-refractivity contribution is -0.0658. The predicted octanol–water partition coefficient (Wildman–Crippen LogP) is 5.46. The quantitative estimate of drug-likeness (QED) is 0.628. The SMILES string of the molecule is CCC1CCCCC1OC1CCCCCCC1Br. The van der Waals surface area contributed by atoms with Crippen molar-refractivity contribution in [1.82, 2.24) is 0 Å². The Morgan fingerprint density at radius 2 is 1.44 bits per heavy atom. The van der Waals surface area contributed by atoms with Gasteiger partial charge in [-0.2, -0.15) is 0 Å². The van der Waals surface area contributed by atoms with E-state index in [0.29, 0.717) is 17.0 Å². The van der Waals surface area contributed by atoms with Crippen LogP contribution in [0.4, 0.5) is 0 Å². The van der Waals surface area contributed by atoms with E-state index in [0.717, 1.165) is 5.92 Å². The first kappa shape index (κ1) is 14.8. The van der Waals surface area contributed by atoms with E-state index in [9.17, 15) is 0 Å². The second-order valence-corrected chi connectivity index (χ2v) is 7.35. The Kier molecular flexibility index (Phi) is 6.51. The summed E-state index contributed by atoms with van der Waals surface area (Å²) in [5.41, 5.74) is 0. The molecule has 0 aromatic carbocycles. The van der Waals surface area contributed by atoms with Crippen molar-refractivity contribution in [3.8, 4) is 0 Å². The minimum atomic E-state index is 0.474. The van der Waals surface area contributed by atoms with E-state index in [-0.39, 0.29) is 0 Å². The lowest BCUT2D eigenvalue weighted by atomic mass is 9.84. The average Bonchev–Trinajstić information content (AvgIpc) is 2.39. The molecule has 106 valence electrons. The zero-order valence-electron chi connectivity index (χ0n) is 11.9. The Bertz CT molecular complexity index is 231. The highest BCUT2D eigenvalue weighted by Crippen LogP contribution is 2.33. The topological polar surface area (TPSA) is 9.23 Å². The molecule has 2 fully saturated rings. The molecule has 4 atom stereocenters. The summed E-state index contributed by atoms with van der Waals surface area (Å²) in [4.78, 5) is 0.595. The van der Waals surface area contributed by atoms with Crippen LogP contribution >= 0.6 is 15.9 Å². The Morgan fingerprint density at radius 3 is 2.22 bits per heavy atom. The fraction of sp³-hybridized carbons (Fsp3) is 1.00. The van der Waals surface area contributed by atoms with Gasteiger partial charge in [-0.1, -0.05) is 67.8 Å². The number of rotatable bonds is 3. The van der Waals surface area contributed by atoms with Crippen LogP contribution in [0.5, 0.6) is 0 Å². The largest absolute Gasteiger partial charge is 0.374 e. The number of hydrogen-bond donors (Lipinski definition) is 0. The van der Waals surface area contributed by atoms with Crippen LogP contribution < -0.4 is 0 Å². The van der Waals surface area contributed by atoms with Crippen LogP contribution in [0.3, 0.4) is 0 Å². The van der Waals surface area contributed by atoms with Gasteiger partial charge >= 0.3 is 0 Å². The van der Waals surface area contributed by atoms with E-state index in [1.807, 2.05) is 0 Å². The Labute approximate surface area is 121 Å². The van der Waals surface area contributed by atoms with Gasteiger partial charge in [0.05, 0.1) is 12.2 Å². The van der Waals surface area contributed by atoms with Gasteiger partial charge in [0.15, 0.2) is 0 Å². The summed E-state index contributed by atoms with van der Waals surface area (Å²) < 4.78 is 6.54. The maximum atomic E-state index is 6.54. The first-order valence-corrected chi connectivity index (χ1v) is 9.02. The summed E-state index contributed by atoms with van der Waals surface area (Å²) in [6.45, 7) is 2.33. The third-order valence-corrected chi connectivity index (χ3v) is 5.88. The maximum absolute atomic E-state index is 6.54. The van der Waals surface area contributed by atoms with Gasteiger partial charge in [0, 0.05) is 4.83 Å². The van der Waals surface area contributed by atoms with Gasteiger partial charge in [-0.3, -0.25) is 0 Å². The summed E-state index contributed by atoms with van der Waals surface area (Å²) >= 11 is 3.88. The highest BCUT2D eigenvalue weighted by atomic mass is 79.9. The summed E-state index contributed by atoms with van der Waals surface area (Å²) in [5, 5.41) is 0. The van der Waals surface area contributed by atoms with Crippen molar-refractivity contribution >= 4 is 15.9 Å². The first-order chi connectivity index (χ1) is 8.81. The van der Waals surface area contributed by atoms with Crippen molar-refractivity contribution in [3.63, 3.8) is 0 Å². The van der Waals surface area contributed by atoms with Gasteiger partial charge in [-0.05, 0) is 31.6 Å². The minimum Gasteiger partial charge on any atom is -0.374 e. The van der Waals surface area contributed by atoms with Crippen molar-refractivity contribution in [1.29, 1.82) is 0 Å². The molecule has 4 unspecified atom stereocenters. The monoisotopic (exact) mass is 316 g/mol. The van der Waals surface area contributed by atoms with Crippen LogP contribution in [-0.2, 0) is 4.74 Å². The average molecular weight is 317 g/mol. The van der Waals surface area contributed by atoms with E-state index in [2.05, 4.69) is 22.9 Å². The van der Waals surface area contributed by atoms with Gasteiger partial charge in [0.2, 0.25) is 0 Å². The maximum Gasteiger partial charge on any atom is 0.0703 e. The summed E-state index contributed by atoms with van der Waals surface area (Å²) in [6, 6.07) is 0. The summed E-state index contributed by atoms with van der Waals surface area (Å²) in [7, 11) is 0. The fourth-order valence-corrected chi connectivity index (χ4v) is 4.32. The number of alkyl halides is 1. The smallest absolute Gasteiger partial charge is 0.0703 e. The van der Waals surface area contributed by atoms with Gasteiger partial charge in [-0.15, -0.1) is 0 Å². The Morgan fingerprint density at radius 1 is 0.833 bits per heavy atom. The van der Waals surface area contributed by atoms with E-state index in [1.54, 1.807) is 0 Å². The van der Waals surface area contributed by atoms with Crippen LogP contribution in [0.15, 0.2) is 0 Å². The molecule has 2 heteroatoms. The molecule has 0 N–H and O–H groups in total. The van der Waals surface area contributed by atoms with Crippen LogP contribution in [0, 0.1) is 5.92 Å². The molecule has 0 aliphatic heterocycles. The molecular formula is C16H29BrO. The molecule has 2 aliphatic rings. The number of halogens is 1. The van der Waals surface area contributed by atoms with Crippen molar-refractivity contribution in [3.05, 3.63) is 0 Å². The third kappa shape index (κ3) is 4.23. The Balaban J connectivity index is 1.88. The second-order valence-electron chi connectivity index (χ2n) is 6.17. The van der Waals surface area contributed by atoms with E-state index >= 15 is 0 Å². The highest BCUT2D eigenvalue weighted by molar-refractivity contribution is 9.09. The second kappa shape index (κ2) is 7.89. The molecule has 0 aromatic heterocycles. The van der Waals surface area contributed by atoms with Crippen molar-refractivity contribution in [2.75, 3.05) is 0 Å². The molecule has 0 spiro atoms. The molecule has 2 aliphatic carbocycles. The number of hydrogen-bond acceptors (Lipinski definition) is 1. The van der Waals surface area contributed by atoms with Gasteiger partial charge in [0.1, 0.15) is 0 Å². The standard InChI is InChI=1S/C16H29BrO/c1-2-13-9-7-8-11-15(13)18-16-12-6-4-3-5-10-14(16)17/h13-16H,2-12H2,1H3. The summed E-state index contributed by atoms with van der Waals surface area (Å²) in [6.07, 6.45) is 15.9. The molecule has 0 radical (unpaired) electrons. The highest BCUT2D eigenvalue weighted by Gasteiger charge is 2.29. The lowest BCUT2D eigenvalue weighted by Crippen LogP contribution is -2.36.